The van der Waals surface area contributed by atoms with Gasteiger partial charge in [-0.1, -0.05) is 15.9 Å². The number of rotatable bonds is 3. The molecule has 0 amide bonds. The van der Waals surface area contributed by atoms with Crippen LogP contribution in [0.15, 0.2) is 28.2 Å². The Morgan fingerprint density at radius 3 is 2.80 bits per heavy atom. The number of fused-ring (bicyclic) bond motifs is 1. The van der Waals surface area contributed by atoms with Gasteiger partial charge in [-0.15, -0.1) is 0 Å². The Morgan fingerprint density at radius 1 is 1.40 bits per heavy atom. The molecule has 106 valence electrons. The van der Waals surface area contributed by atoms with Crippen molar-refractivity contribution in [1.82, 2.24) is 0 Å². The third-order valence-corrected chi connectivity index (χ3v) is 3.67. The fraction of sp³-hybridized carbons (Fsp3) is 0.333. The summed E-state index contributed by atoms with van der Waals surface area (Å²) in [6.07, 6.45) is 2.40. The summed E-state index contributed by atoms with van der Waals surface area (Å²) in [5, 5.41) is 0. The zero-order valence-corrected chi connectivity index (χ0v) is 13.1. The first-order valence-electron chi connectivity index (χ1n) is 6.34. The number of halogens is 1. The molecule has 0 N–H and O–H groups in total. The summed E-state index contributed by atoms with van der Waals surface area (Å²) in [5.41, 5.74) is 2.50. The zero-order chi connectivity index (χ0) is 14.7. The number of methoxy groups -OCH3 is 1. The Labute approximate surface area is 126 Å². The Kier molecular flexibility index (Phi) is 4.60. The number of hydrogen-bond acceptors (Lipinski definition) is 4. The van der Waals surface area contributed by atoms with E-state index in [2.05, 4.69) is 15.9 Å². The molecule has 0 radical (unpaired) electrons. The quantitative estimate of drug-likeness (QED) is 0.795. The first-order chi connectivity index (χ1) is 9.51. The van der Waals surface area contributed by atoms with Crippen molar-refractivity contribution < 1.29 is 14.3 Å². The summed E-state index contributed by atoms with van der Waals surface area (Å²) in [6.45, 7) is 2.53. The Balaban J connectivity index is 2.44. The molecule has 1 aromatic rings. The molecule has 0 atom stereocenters. The molecular weight excluding hydrogens is 322 g/mol. The van der Waals surface area contributed by atoms with Crippen molar-refractivity contribution in [3.63, 3.8) is 0 Å². The smallest absolute Gasteiger partial charge is 0.333 e. The largest absolute Gasteiger partial charge is 0.466 e. The topological polar surface area (TPSA) is 46.6 Å². The maximum atomic E-state index is 11.8. The number of hydrogen-bond donors (Lipinski definition) is 0. The molecule has 4 nitrogen and oxygen atoms in total. The summed E-state index contributed by atoms with van der Waals surface area (Å²) in [5.74, 6) is -0.221. The molecule has 1 heterocycles. The van der Waals surface area contributed by atoms with Crippen molar-refractivity contribution in [2.75, 3.05) is 25.1 Å². The molecule has 0 saturated carbocycles. The van der Waals surface area contributed by atoms with E-state index in [0.29, 0.717) is 25.1 Å². The van der Waals surface area contributed by atoms with Crippen molar-refractivity contribution in [3.05, 3.63) is 33.8 Å². The van der Waals surface area contributed by atoms with E-state index >= 15 is 0 Å². The van der Waals surface area contributed by atoms with Crippen LogP contribution in [0.1, 0.15) is 18.9 Å². The van der Waals surface area contributed by atoms with Gasteiger partial charge in [0.05, 0.1) is 13.7 Å². The normalized spacial score (nSPS) is 14.2. The predicted molar refractivity (Wildman–Crippen MR) is 81.6 cm³/mol. The van der Waals surface area contributed by atoms with Crippen molar-refractivity contribution in [1.29, 1.82) is 0 Å². The van der Waals surface area contributed by atoms with Crippen LogP contribution in [-0.4, -0.2) is 32.0 Å². The average molecular weight is 338 g/mol. The maximum absolute atomic E-state index is 11.8. The van der Waals surface area contributed by atoms with E-state index in [-0.39, 0.29) is 11.8 Å². The van der Waals surface area contributed by atoms with Gasteiger partial charge in [-0.3, -0.25) is 4.79 Å². The number of ketones is 1. The number of ether oxygens (including phenoxy) is 1. The van der Waals surface area contributed by atoms with E-state index < -0.39 is 0 Å². The molecular formula is C15H16BrNO3. The highest BCUT2D eigenvalue weighted by Gasteiger charge is 2.20. The van der Waals surface area contributed by atoms with Crippen molar-refractivity contribution in [3.8, 4) is 0 Å². The lowest BCUT2D eigenvalue weighted by Crippen LogP contribution is -2.30. The van der Waals surface area contributed by atoms with Crippen LogP contribution in [0, 0.1) is 0 Å². The monoisotopic (exact) mass is 337 g/mol. The lowest BCUT2D eigenvalue weighted by atomic mass is 10.1. The minimum absolute atomic E-state index is 0.0976. The summed E-state index contributed by atoms with van der Waals surface area (Å²) in [7, 11) is 1.38. The van der Waals surface area contributed by atoms with Gasteiger partial charge in [0.2, 0.25) is 0 Å². The minimum Gasteiger partial charge on any atom is -0.466 e. The zero-order valence-electron chi connectivity index (χ0n) is 11.5. The van der Waals surface area contributed by atoms with Crippen molar-refractivity contribution in [2.45, 2.75) is 13.3 Å². The average Bonchev–Trinajstić information content (AvgIpc) is 2.57. The lowest BCUT2D eigenvalue weighted by molar-refractivity contribution is -0.136. The van der Waals surface area contributed by atoms with E-state index in [0.717, 1.165) is 15.7 Å². The fourth-order valence-electron chi connectivity index (χ4n) is 2.29. The Bertz CT molecular complexity index is 580. The lowest BCUT2D eigenvalue weighted by Gasteiger charge is -2.23. The molecule has 0 bridgehead atoms. The molecule has 0 spiro atoms. The summed E-state index contributed by atoms with van der Waals surface area (Å²) < 4.78 is 5.73. The Morgan fingerprint density at radius 2 is 2.15 bits per heavy atom. The van der Waals surface area contributed by atoms with Gasteiger partial charge in [-0.25, -0.2) is 4.79 Å². The van der Waals surface area contributed by atoms with Crippen molar-refractivity contribution in [2.24, 2.45) is 0 Å². The number of benzene rings is 1. The Hall–Kier alpha value is -1.62. The SMILES string of the molecule is COC(=O)C1=Cc2cc(Br)ccc2N(CC(C)=O)CC1. The van der Waals surface area contributed by atoms with Crippen LogP contribution in [0.25, 0.3) is 6.08 Å². The predicted octanol–water partition coefficient (Wildman–Crippen LogP) is 2.80. The third-order valence-electron chi connectivity index (χ3n) is 3.17. The van der Waals surface area contributed by atoms with Gasteiger partial charge in [-0.05, 0) is 43.2 Å². The molecule has 0 aliphatic carbocycles. The number of carbonyl (C=O) groups is 2. The molecule has 1 aromatic carbocycles. The van der Waals surface area contributed by atoms with Crippen LogP contribution in [0.2, 0.25) is 0 Å². The second kappa shape index (κ2) is 6.22. The van der Waals surface area contributed by atoms with Gasteiger partial charge in [0.15, 0.2) is 0 Å². The first kappa shape index (κ1) is 14.8. The van der Waals surface area contributed by atoms with E-state index in [9.17, 15) is 9.59 Å². The van der Waals surface area contributed by atoms with Gasteiger partial charge in [0.1, 0.15) is 5.78 Å². The van der Waals surface area contributed by atoms with Gasteiger partial charge < -0.3 is 9.64 Å². The van der Waals surface area contributed by atoms with Crippen LogP contribution < -0.4 is 4.90 Å². The first-order valence-corrected chi connectivity index (χ1v) is 7.13. The number of anilines is 1. The second-order valence-electron chi connectivity index (χ2n) is 4.74. The van der Waals surface area contributed by atoms with Gasteiger partial charge in [0, 0.05) is 22.3 Å². The summed E-state index contributed by atoms with van der Waals surface area (Å²) in [4.78, 5) is 25.2. The molecule has 0 fully saturated rings. The van der Waals surface area contributed by atoms with Crippen molar-refractivity contribution >= 4 is 39.4 Å². The highest BCUT2D eigenvalue weighted by molar-refractivity contribution is 9.10. The maximum Gasteiger partial charge on any atom is 0.333 e. The van der Waals surface area contributed by atoms with E-state index in [1.807, 2.05) is 29.2 Å². The number of esters is 1. The molecule has 0 unspecified atom stereocenters. The standard InChI is InChI=1S/C15H16BrNO3/c1-10(18)9-17-6-5-11(15(19)20-2)7-12-8-13(16)3-4-14(12)17/h3-4,7-8H,5-6,9H2,1-2H3. The highest BCUT2D eigenvalue weighted by atomic mass is 79.9. The van der Waals surface area contributed by atoms with Crippen LogP contribution in [0.3, 0.4) is 0 Å². The minimum atomic E-state index is -0.319. The van der Waals surface area contributed by atoms with Gasteiger partial charge >= 0.3 is 5.97 Å². The molecule has 5 heteroatoms. The number of carbonyl (C=O) groups excluding carboxylic acids is 2. The van der Waals surface area contributed by atoms with E-state index in [4.69, 9.17) is 4.74 Å². The van der Waals surface area contributed by atoms with Crippen LogP contribution >= 0.6 is 15.9 Å². The summed E-state index contributed by atoms with van der Waals surface area (Å²) >= 11 is 3.43. The molecule has 20 heavy (non-hydrogen) atoms. The van der Waals surface area contributed by atoms with E-state index in [1.165, 1.54) is 7.11 Å². The highest BCUT2D eigenvalue weighted by Crippen LogP contribution is 2.30. The number of Topliss-reactive ketones (excluding diaryl/α,β-unsaturated/α-hetero) is 1. The van der Waals surface area contributed by atoms with Crippen LogP contribution in [0.4, 0.5) is 5.69 Å². The second-order valence-corrected chi connectivity index (χ2v) is 5.65. The molecule has 0 saturated heterocycles. The van der Waals surface area contributed by atoms with E-state index in [1.54, 1.807) is 6.92 Å². The number of nitrogens with zero attached hydrogens (tertiary/aromatic N) is 1. The van der Waals surface area contributed by atoms with Gasteiger partial charge in [-0.2, -0.15) is 0 Å². The third kappa shape index (κ3) is 3.28. The van der Waals surface area contributed by atoms with Crippen LogP contribution in [-0.2, 0) is 14.3 Å². The molecule has 1 aliphatic heterocycles. The molecule has 1 aliphatic rings. The molecule has 2 rings (SSSR count). The van der Waals surface area contributed by atoms with Gasteiger partial charge in [0.25, 0.3) is 0 Å². The molecule has 0 aromatic heterocycles. The van der Waals surface area contributed by atoms with Crippen LogP contribution in [0.5, 0.6) is 0 Å². The fourth-order valence-corrected chi connectivity index (χ4v) is 2.67. The summed E-state index contributed by atoms with van der Waals surface area (Å²) in [6, 6.07) is 5.83.